The van der Waals surface area contributed by atoms with Crippen LogP contribution in [0.3, 0.4) is 0 Å². The Morgan fingerprint density at radius 1 is 1.69 bits per heavy atom. The monoisotopic (exact) mass is 235 g/mol. The topological polar surface area (TPSA) is 50.9 Å². The van der Waals surface area contributed by atoms with Crippen molar-refractivity contribution in [2.24, 2.45) is 17.6 Å². The first-order valence-electron chi connectivity index (χ1n) is 5.66. The summed E-state index contributed by atoms with van der Waals surface area (Å²) < 4.78 is 0. The lowest BCUT2D eigenvalue weighted by Crippen LogP contribution is -2.17. The summed E-state index contributed by atoms with van der Waals surface area (Å²) in [6, 6.07) is 1.85. The highest BCUT2D eigenvalue weighted by Gasteiger charge is 2.27. The number of nitrogens with one attached hydrogen (secondary N) is 1. The van der Waals surface area contributed by atoms with Crippen molar-refractivity contribution in [1.29, 1.82) is 0 Å². The quantitative estimate of drug-likeness (QED) is 0.768. The van der Waals surface area contributed by atoms with E-state index in [9.17, 15) is 0 Å². The molecule has 86 valence electrons. The summed E-state index contributed by atoms with van der Waals surface area (Å²) in [5.74, 6) is 1.61. The van der Waals surface area contributed by atoms with E-state index in [1.807, 2.05) is 6.07 Å². The Labute approximate surface area is 101 Å². The van der Waals surface area contributed by atoms with Gasteiger partial charge in [0.15, 0.2) is 0 Å². The average molecular weight is 235 g/mol. The van der Waals surface area contributed by atoms with Gasteiger partial charge in [-0.3, -0.25) is 4.98 Å². The molecule has 1 heterocycles. The van der Waals surface area contributed by atoms with Crippen LogP contribution in [0.5, 0.6) is 0 Å². The predicted molar refractivity (Wildman–Crippen MR) is 70.5 cm³/mol. The van der Waals surface area contributed by atoms with Gasteiger partial charge in [0.2, 0.25) is 0 Å². The lowest BCUT2D eigenvalue weighted by Gasteiger charge is -2.14. The second kappa shape index (κ2) is 4.78. The van der Waals surface area contributed by atoms with E-state index in [1.165, 1.54) is 12.8 Å². The van der Waals surface area contributed by atoms with E-state index in [0.717, 1.165) is 23.7 Å². The molecular weight excluding hydrogens is 218 g/mol. The standard InChI is InChI=1S/C12H17N3S/c1-8(9-2-3-9)6-15-11-7-14-5-4-10(11)12(13)16/h4-5,7-9,15H,2-3,6H2,1H3,(H2,13,16). The number of hydrogen-bond donors (Lipinski definition) is 2. The summed E-state index contributed by atoms with van der Waals surface area (Å²) >= 11 is 5.00. The van der Waals surface area contributed by atoms with E-state index in [0.29, 0.717) is 10.9 Å². The van der Waals surface area contributed by atoms with E-state index >= 15 is 0 Å². The van der Waals surface area contributed by atoms with Crippen LogP contribution in [0.1, 0.15) is 25.3 Å². The van der Waals surface area contributed by atoms with E-state index < -0.39 is 0 Å². The smallest absolute Gasteiger partial charge is 0.106 e. The first-order chi connectivity index (χ1) is 7.68. The van der Waals surface area contributed by atoms with Crippen molar-refractivity contribution < 1.29 is 0 Å². The summed E-state index contributed by atoms with van der Waals surface area (Å²) in [6.07, 6.45) is 6.24. The first-order valence-corrected chi connectivity index (χ1v) is 6.07. The number of nitrogens with two attached hydrogens (primary N) is 1. The third kappa shape index (κ3) is 2.70. The summed E-state index contributed by atoms with van der Waals surface area (Å²) in [5.41, 5.74) is 7.49. The predicted octanol–water partition coefficient (Wildman–Crippen LogP) is 2.17. The van der Waals surface area contributed by atoms with Gasteiger partial charge in [0.05, 0.1) is 11.9 Å². The van der Waals surface area contributed by atoms with Crippen molar-refractivity contribution >= 4 is 22.9 Å². The summed E-state index contributed by atoms with van der Waals surface area (Å²) in [7, 11) is 0. The zero-order chi connectivity index (χ0) is 11.5. The van der Waals surface area contributed by atoms with Crippen molar-refractivity contribution in [3.05, 3.63) is 24.0 Å². The summed E-state index contributed by atoms with van der Waals surface area (Å²) in [5, 5.41) is 3.39. The molecule has 0 aromatic carbocycles. The van der Waals surface area contributed by atoms with Gasteiger partial charge in [-0.1, -0.05) is 19.1 Å². The number of thiocarbonyl (C=S) groups is 1. The molecule has 1 fully saturated rings. The molecule has 4 heteroatoms. The number of hydrogen-bond acceptors (Lipinski definition) is 3. The van der Waals surface area contributed by atoms with E-state index in [1.54, 1.807) is 12.4 Å². The Morgan fingerprint density at radius 2 is 2.44 bits per heavy atom. The zero-order valence-electron chi connectivity index (χ0n) is 9.44. The van der Waals surface area contributed by atoms with Crippen LogP contribution in [-0.4, -0.2) is 16.5 Å². The van der Waals surface area contributed by atoms with Gasteiger partial charge in [0.1, 0.15) is 4.99 Å². The lowest BCUT2D eigenvalue weighted by molar-refractivity contribution is 0.536. The molecule has 2 rings (SSSR count). The first kappa shape index (κ1) is 11.3. The normalized spacial score (nSPS) is 16.8. The van der Waals surface area contributed by atoms with Gasteiger partial charge >= 0.3 is 0 Å². The molecule has 1 unspecified atom stereocenters. The molecule has 0 amide bonds. The molecule has 0 aliphatic heterocycles. The second-order valence-electron chi connectivity index (χ2n) is 4.48. The Kier molecular flexibility index (Phi) is 3.39. The maximum absolute atomic E-state index is 5.66. The Bertz CT molecular complexity index is 388. The fourth-order valence-corrected chi connectivity index (χ4v) is 2.03. The Balaban J connectivity index is 1.99. The van der Waals surface area contributed by atoms with Gasteiger partial charge in [-0.05, 0) is 30.7 Å². The van der Waals surface area contributed by atoms with Crippen molar-refractivity contribution in [3.8, 4) is 0 Å². The number of aromatic nitrogens is 1. The van der Waals surface area contributed by atoms with Crippen LogP contribution < -0.4 is 11.1 Å². The van der Waals surface area contributed by atoms with Crippen LogP contribution in [0.25, 0.3) is 0 Å². The molecule has 0 saturated heterocycles. The van der Waals surface area contributed by atoms with Crippen molar-refractivity contribution in [2.75, 3.05) is 11.9 Å². The van der Waals surface area contributed by atoms with Crippen LogP contribution in [-0.2, 0) is 0 Å². The van der Waals surface area contributed by atoms with E-state index in [4.69, 9.17) is 18.0 Å². The maximum atomic E-state index is 5.66. The minimum absolute atomic E-state index is 0.420. The Morgan fingerprint density at radius 3 is 3.06 bits per heavy atom. The van der Waals surface area contributed by atoms with E-state index in [-0.39, 0.29) is 0 Å². The highest BCUT2D eigenvalue weighted by molar-refractivity contribution is 7.80. The van der Waals surface area contributed by atoms with Gasteiger partial charge in [-0.25, -0.2) is 0 Å². The summed E-state index contributed by atoms with van der Waals surface area (Å²) in [4.78, 5) is 4.51. The van der Waals surface area contributed by atoms with Crippen LogP contribution in [0.4, 0.5) is 5.69 Å². The molecule has 0 spiro atoms. The molecule has 3 nitrogen and oxygen atoms in total. The zero-order valence-corrected chi connectivity index (χ0v) is 10.3. The van der Waals surface area contributed by atoms with E-state index in [2.05, 4.69) is 17.2 Å². The van der Waals surface area contributed by atoms with Crippen molar-refractivity contribution in [2.45, 2.75) is 19.8 Å². The molecular formula is C12H17N3S. The fraction of sp³-hybridized carbons (Fsp3) is 0.500. The van der Waals surface area contributed by atoms with Crippen molar-refractivity contribution in [3.63, 3.8) is 0 Å². The van der Waals surface area contributed by atoms with Crippen LogP contribution in [0, 0.1) is 11.8 Å². The van der Waals surface area contributed by atoms with Gasteiger partial charge in [-0.15, -0.1) is 0 Å². The Hall–Kier alpha value is -1.16. The molecule has 16 heavy (non-hydrogen) atoms. The number of nitrogens with zero attached hydrogens (tertiary/aromatic N) is 1. The number of pyridine rings is 1. The van der Waals surface area contributed by atoms with Gasteiger partial charge < -0.3 is 11.1 Å². The minimum atomic E-state index is 0.420. The fourth-order valence-electron chi connectivity index (χ4n) is 1.85. The molecule has 1 aliphatic rings. The van der Waals surface area contributed by atoms with Crippen LogP contribution in [0.2, 0.25) is 0 Å². The third-order valence-electron chi connectivity index (χ3n) is 3.13. The highest BCUT2D eigenvalue weighted by atomic mass is 32.1. The molecule has 1 aromatic heterocycles. The molecule has 3 N–H and O–H groups in total. The second-order valence-corrected chi connectivity index (χ2v) is 4.92. The number of rotatable bonds is 5. The van der Waals surface area contributed by atoms with Crippen LogP contribution in [0.15, 0.2) is 18.5 Å². The maximum Gasteiger partial charge on any atom is 0.106 e. The SMILES string of the molecule is CC(CNc1cnccc1C(N)=S)C1CC1. The molecule has 0 bridgehead atoms. The van der Waals surface area contributed by atoms with Gasteiger partial charge in [0.25, 0.3) is 0 Å². The third-order valence-corrected chi connectivity index (χ3v) is 3.35. The largest absolute Gasteiger partial charge is 0.389 e. The summed E-state index contributed by atoms with van der Waals surface area (Å²) in [6.45, 7) is 3.24. The molecule has 1 aliphatic carbocycles. The van der Waals surface area contributed by atoms with Crippen molar-refractivity contribution in [1.82, 2.24) is 4.98 Å². The minimum Gasteiger partial charge on any atom is -0.389 e. The molecule has 1 saturated carbocycles. The lowest BCUT2D eigenvalue weighted by atomic mass is 10.1. The molecule has 1 atom stereocenters. The van der Waals surface area contributed by atoms with Gasteiger partial charge in [-0.2, -0.15) is 0 Å². The average Bonchev–Trinajstić information content (AvgIpc) is 3.10. The molecule has 1 aromatic rings. The highest BCUT2D eigenvalue weighted by Crippen LogP contribution is 2.36. The number of anilines is 1. The van der Waals surface area contributed by atoms with Crippen LogP contribution >= 0.6 is 12.2 Å². The molecule has 0 radical (unpaired) electrons. The van der Waals surface area contributed by atoms with Gasteiger partial charge in [0, 0.05) is 18.3 Å².